The number of thioether (sulfide) groups is 1. The fourth-order valence-electron chi connectivity index (χ4n) is 1.61. The van der Waals surface area contributed by atoms with Crippen LogP contribution in [0.4, 0.5) is 0 Å². The molecule has 0 radical (unpaired) electrons. The van der Waals surface area contributed by atoms with E-state index in [0.717, 1.165) is 17.9 Å². The molecule has 0 saturated carbocycles. The lowest BCUT2D eigenvalue weighted by Crippen LogP contribution is -2.34. The van der Waals surface area contributed by atoms with E-state index in [9.17, 15) is 9.90 Å². The van der Waals surface area contributed by atoms with Gasteiger partial charge in [-0.15, -0.1) is 0 Å². The van der Waals surface area contributed by atoms with Gasteiger partial charge < -0.3 is 10.4 Å². The van der Waals surface area contributed by atoms with Crippen molar-refractivity contribution < 1.29 is 9.90 Å². The molecular formula is C11H12ClNO2S. The topological polar surface area (TPSA) is 49.3 Å². The van der Waals surface area contributed by atoms with Gasteiger partial charge in [-0.3, -0.25) is 4.79 Å². The third-order valence-corrected chi connectivity index (χ3v) is 3.87. The van der Waals surface area contributed by atoms with Gasteiger partial charge in [0.15, 0.2) is 0 Å². The predicted octanol–water partition coefficient (Wildman–Crippen LogP) is 2.28. The maximum absolute atomic E-state index is 11.8. The third-order valence-electron chi connectivity index (χ3n) is 2.47. The van der Waals surface area contributed by atoms with Crippen LogP contribution in [0.25, 0.3) is 0 Å². The van der Waals surface area contributed by atoms with E-state index >= 15 is 0 Å². The fourth-order valence-corrected chi connectivity index (χ4v) is 2.93. The van der Waals surface area contributed by atoms with E-state index < -0.39 is 0 Å². The Hall–Kier alpha value is -0.870. The lowest BCUT2D eigenvalue weighted by atomic mass is 10.1. The van der Waals surface area contributed by atoms with Crippen molar-refractivity contribution in [1.29, 1.82) is 0 Å². The molecule has 2 N–H and O–H groups in total. The second-order valence-corrected chi connectivity index (χ2v) is 5.28. The number of rotatable bonds is 2. The molecule has 3 nitrogen and oxygen atoms in total. The van der Waals surface area contributed by atoms with E-state index in [4.69, 9.17) is 11.6 Å². The first-order valence-electron chi connectivity index (χ1n) is 5.04. The molecule has 0 aliphatic carbocycles. The summed E-state index contributed by atoms with van der Waals surface area (Å²) in [6, 6.07) is 4.72. The quantitative estimate of drug-likeness (QED) is 0.855. The molecule has 1 atom stereocenters. The SMILES string of the molecule is O=C(NC1CCSC1)c1ccc(Cl)cc1O. The molecule has 1 heterocycles. The van der Waals surface area contributed by atoms with Crippen molar-refractivity contribution in [2.75, 3.05) is 11.5 Å². The Morgan fingerprint density at radius 1 is 1.56 bits per heavy atom. The average molecular weight is 258 g/mol. The standard InChI is InChI=1S/C11H12ClNO2S/c12-7-1-2-9(10(14)5-7)11(15)13-8-3-4-16-6-8/h1-2,5,8,14H,3-4,6H2,(H,13,15). The molecule has 1 amide bonds. The molecule has 16 heavy (non-hydrogen) atoms. The molecule has 1 saturated heterocycles. The van der Waals surface area contributed by atoms with Crippen LogP contribution in [0.2, 0.25) is 5.02 Å². The van der Waals surface area contributed by atoms with Crippen molar-refractivity contribution in [1.82, 2.24) is 5.32 Å². The van der Waals surface area contributed by atoms with E-state index in [2.05, 4.69) is 5.32 Å². The smallest absolute Gasteiger partial charge is 0.255 e. The van der Waals surface area contributed by atoms with Crippen molar-refractivity contribution in [2.24, 2.45) is 0 Å². The molecule has 0 bridgehead atoms. The van der Waals surface area contributed by atoms with Crippen LogP contribution in [-0.2, 0) is 0 Å². The van der Waals surface area contributed by atoms with Crippen molar-refractivity contribution in [3.63, 3.8) is 0 Å². The van der Waals surface area contributed by atoms with E-state index in [1.165, 1.54) is 12.1 Å². The minimum atomic E-state index is -0.235. The zero-order chi connectivity index (χ0) is 11.5. The molecule has 1 aromatic carbocycles. The Kier molecular flexibility index (Phi) is 3.61. The van der Waals surface area contributed by atoms with Crippen LogP contribution in [0.3, 0.4) is 0 Å². The number of amides is 1. The van der Waals surface area contributed by atoms with Gasteiger partial charge in [0.05, 0.1) is 5.56 Å². The molecular weight excluding hydrogens is 246 g/mol. The molecule has 2 rings (SSSR count). The summed E-state index contributed by atoms with van der Waals surface area (Å²) in [5, 5.41) is 12.9. The number of aromatic hydroxyl groups is 1. The lowest BCUT2D eigenvalue weighted by Gasteiger charge is -2.12. The van der Waals surface area contributed by atoms with Gasteiger partial charge in [-0.1, -0.05) is 11.6 Å². The van der Waals surface area contributed by atoms with E-state index in [0.29, 0.717) is 5.02 Å². The molecule has 0 aromatic heterocycles. The van der Waals surface area contributed by atoms with E-state index in [1.54, 1.807) is 6.07 Å². The molecule has 1 aliphatic heterocycles. The molecule has 0 spiro atoms. The maximum atomic E-state index is 11.8. The number of carbonyl (C=O) groups is 1. The number of hydrogen-bond acceptors (Lipinski definition) is 3. The summed E-state index contributed by atoms with van der Waals surface area (Å²) in [7, 11) is 0. The van der Waals surface area contributed by atoms with Crippen LogP contribution in [0.15, 0.2) is 18.2 Å². The number of phenolic OH excluding ortho intramolecular Hbond substituents is 1. The van der Waals surface area contributed by atoms with Gasteiger partial charge in [0.2, 0.25) is 0 Å². The summed E-state index contributed by atoms with van der Waals surface area (Å²) >= 11 is 7.52. The average Bonchev–Trinajstić information content (AvgIpc) is 2.70. The van der Waals surface area contributed by atoms with Crippen LogP contribution in [0.1, 0.15) is 16.8 Å². The normalized spacial score (nSPS) is 19.7. The number of halogens is 1. The van der Waals surface area contributed by atoms with Crippen molar-refractivity contribution in [2.45, 2.75) is 12.5 Å². The first-order valence-corrected chi connectivity index (χ1v) is 6.57. The van der Waals surface area contributed by atoms with Crippen molar-refractivity contribution in [3.8, 4) is 5.75 Å². The molecule has 1 unspecified atom stereocenters. The van der Waals surface area contributed by atoms with Crippen LogP contribution >= 0.6 is 23.4 Å². The Labute approximate surface area is 103 Å². The summed E-state index contributed by atoms with van der Waals surface area (Å²) in [5.74, 6) is 1.72. The van der Waals surface area contributed by atoms with Crippen LogP contribution in [0.5, 0.6) is 5.75 Å². The second kappa shape index (κ2) is 4.97. The molecule has 86 valence electrons. The summed E-state index contributed by atoms with van der Waals surface area (Å²) in [6.45, 7) is 0. The number of benzene rings is 1. The van der Waals surface area contributed by atoms with Gasteiger partial charge in [-0.05, 0) is 30.4 Å². The van der Waals surface area contributed by atoms with Gasteiger partial charge >= 0.3 is 0 Å². The number of hydrogen-bond donors (Lipinski definition) is 2. The number of carbonyl (C=O) groups excluding carboxylic acids is 1. The highest BCUT2D eigenvalue weighted by Gasteiger charge is 2.19. The molecule has 1 aliphatic rings. The summed E-state index contributed by atoms with van der Waals surface area (Å²) in [6.07, 6.45) is 0.991. The molecule has 1 fully saturated rings. The Bertz CT molecular complexity index is 405. The van der Waals surface area contributed by atoms with Crippen LogP contribution in [-0.4, -0.2) is 28.6 Å². The van der Waals surface area contributed by atoms with Crippen molar-refractivity contribution in [3.05, 3.63) is 28.8 Å². The van der Waals surface area contributed by atoms with Crippen molar-refractivity contribution >= 4 is 29.3 Å². The first kappa shape index (κ1) is 11.6. The summed E-state index contributed by atoms with van der Waals surface area (Å²) in [4.78, 5) is 11.8. The number of phenols is 1. The maximum Gasteiger partial charge on any atom is 0.255 e. The third kappa shape index (κ3) is 2.62. The van der Waals surface area contributed by atoms with Gasteiger partial charge in [0.25, 0.3) is 5.91 Å². The Morgan fingerprint density at radius 2 is 2.38 bits per heavy atom. The lowest BCUT2D eigenvalue weighted by molar-refractivity contribution is 0.0938. The summed E-state index contributed by atoms with van der Waals surface area (Å²) in [5.41, 5.74) is 0.279. The van der Waals surface area contributed by atoms with E-state index in [1.807, 2.05) is 11.8 Å². The molecule has 5 heteroatoms. The highest BCUT2D eigenvalue weighted by atomic mass is 35.5. The van der Waals surface area contributed by atoms with E-state index in [-0.39, 0.29) is 23.3 Å². The second-order valence-electron chi connectivity index (χ2n) is 3.70. The van der Waals surface area contributed by atoms with Gasteiger partial charge in [-0.2, -0.15) is 11.8 Å². The minimum Gasteiger partial charge on any atom is -0.507 e. The predicted molar refractivity (Wildman–Crippen MR) is 66.3 cm³/mol. The highest BCUT2D eigenvalue weighted by molar-refractivity contribution is 7.99. The van der Waals surface area contributed by atoms with Crippen LogP contribution in [0, 0.1) is 0 Å². The van der Waals surface area contributed by atoms with Gasteiger partial charge in [-0.25, -0.2) is 0 Å². The van der Waals surface area contributed by atoms with Gasteiger partial charge in [0, 0.05) is 16.8 Å². The molecule has 1 aromatic rings. The Balaban J connectivity index is 2.08. The monoisotopic (exact) mass is 257 g/mol. The largest absolute Gasteiger partial charge is 0.507 e. The number of nitrogens with one attached hydrogen (secondary N) is 1. The first-order chi connectivity index (χ1) is 7.66. The zero-order valence-electron chi connectivity index (χ0n) is 8.57. The Morgan fingerprint density at radius 3 is 3.00 bits per heavy atom. The fraction of sp³-hybridized carbons (Fsp3) is 0.364. The highest BCUT2D eigenvalue weighted by Crippen LogP contribution is 2.23. The summed E-state index contributed by atoms with van der Waals surface area (Å²) < 4.78 is 0. The minimum absolute atomic E-state index is 0.0735. The van der Waals surface area contributed by atoms with Gasteiger partial charge in [0.1, 0.15) is 5.75 Å². The van der Waals surface area contributed by atoms with Crippen LogP contribution < -0.4 is 5.32 Å². The zero-order valence-corrected chi connectivity index (χ0v) is 10.1.